The van der Waals surface area contributed by atoms with Crippen LogP contribution in [0.15, 0.2) is 0 Å². The lowest BCUT2D eigenvalue weighted by Crippen LogP contribution is -2.38. The zero-order valence-corrected chi connectivity index (χ0v) is 10.1. The molecule has 0 aromatic carbocycles. The molecule has 1 N–H and O–H groups in total. The standard InChI is InChI=1S/C10H22N2O3/c1-5-14-10(15-6-2)8-11-7-9(13)12(3)4/h10-11H,5-8H2,1-4H3. The van der Waals surface area contributed by atoms with Gasteiger partial charge in [-0.2, -0.15) is 0 Å². The van der Waals surface area contributed by atoms with Gasteiger partial charge in [0.2, 0.25) is 5.91 Å². The van der Waals surface area contributed by atoms with Crippen LogP contribution in [-0.2, 0) is 14.3 Å². The van der Waals surface area contributed by atoms with E-state index in [9.17, 15) is 4.79 Å². The summed E-state index contributed by atoms with van der Waals surface area (Å²) in [5, 5.41) is 3.00. The average molecular weight is 218 g/mol. The van der Waals surface area contributed by atoms with Crippen molar-refractivity contribution in [1.82, 2.24) is 10.2 Å². The normalized spacial score (nSPS) is 10.7. The van der Waals surface area contributed by atoms with Gasteiger partial charge in [0.25, 0.3) is 0 Å². The van der Waals surface area contributed by atoms with Crippen molar-refractivity contribution < 1.29 is 14.3 Å². The van der Waals surface area contributed by atoms with Crippen molar-refractivity contribution in [2.24, 2.45) is 0 Å². The summed E-state index contributed by atoms with van der Waals surface area (Å²) in [4.78, 5) is 12.8. The molecule has 1 amide bonds. The summed E-state index contributed by atoms with van der Waals surface area (Å²) in [6, 6.07) is 0. The number of nitrogens with zero attached hydrogens (tertiary/aromatic N) is 1. The molecule has 0 atom stereocenters. The Labute approximate surface area is 91.7 Å². The minimum Gasteiger partial charge on any atom is -0.352 e. The van der Waals surface area contributed by atoms with Gasteiger partial charge in [0.05, 0.1) is 6.54 Å². The molecule has 0 fully saturated rings. The molecule has 0 heterocycles. The molecule has 0 aliphatic rings. The number of carbonyl (C=O) groups excluding carboxylic acids is 1. The van der Waals surface area contributed by atoms with Crippen LogP contribution in [0.25, 0.3) is 0 Å². The first-order chi connectivity index (χ1) is 7.11. The first kappa shape index (κ1) is 14.3. The molecule has 5 nitrogen and oxygen atoms in total. The monoisotopic (exact) mass is 218 g/mol. The maximum Gasteiger partial charge on any atom is 0.236 e. The molecule has 0 aromatic heterocycles. The smallest absolute Gasteiger partial charge is 0.236 e. The van der Waals surface area contributed by atoms with Crippen LogP contribution < -0.4 is 5.32 Å². The first-order valence-electron chi connectivity index (χ1n) is 5.25. The summed E-state index contributed by atoms with van der Waals surface area (Å²) in [7, 11) is 3.46. The van der Waals surface area contributed by atoms with Crippen molar-refractivity contribution in [2.75, 3.05) is 40.4 Å². The van der Waals surface area contributed by atoms with E-state index in [1.165, 1.54) is 0 Å². The van der Waals surface area contributed by atoms with Crippen LogP contribution in [0.5, 0.6) is 0 Å². The minimum atomic E-state index is -0.269. The molecule has 0 saturated carbocycles. The van der Waals surface area contributed by atoms with Gasteiger partial charge >= 0.3 is 0 Å². The number of carbonyl (C=O) groups is 1. The van der Waals surface area contributed by atoms with Gasteiger partial charge in [0, 0.05) is 33.9 Å². The van der Waals surface area contributed by atoms with E-state index < -0.39 is 0 Å². The molecule has 15 heavy (non-hydrogen) atoms. The number of hydrogen-bond acceptors (Lipinski definition) is 4. The molecular formula is C10H22N2O3. The predicted octanol–water partition coefficient (Wildman–Crippen LogP) is 0.0633. The van der Waals surface area contributed by atoms with Crippen LogP contribution in [0.3, 0.4) is 0 Å². The number of rotatable bonds is 8. The van der Waals surface area contributed by atoms with Crippen molar-refractivity contribution in [3.63, 3.8) is 0 Å². The van der Waals surface area contributed by atoms with Gasteiger partial charge in [-0.25, -0.2) is 0 Å². The van der Waals surface area contributed by atoms with Gasteiger partial charge in [0.1, 0.15) is 0 Å². The Balaban J connectivity index is 3.65. The molecule has 0 aromatic rings. The van der Waals surface area contributed by atoms with Gasteiger partial charge in [-0.3, -0.25) is 4.79 Å². The molecule has 0 aliphatic heterocycles. The fourth-order valence-electron chi connectivity index (χ4n) is 0.993. The van der Waals surface area contributed by atoms with Crippen molar-refractivity contribution in [3.05, 3.63) is 0 Å². The molecule has 0 rings (SSSR count). The highest BCUT2D eigenvalue weighted by molar-refractivity contribution is 5.77. The van der Waals surface area contributed by atoms with E-state index in [0.717, 1.165) is 0 Å². The maximum atomic E-state index is 11.2. The van der Waals surface area contributed by atoms with E-state index in [2.05, 4.69) is 5.32 Å². The second-order valence-electron chi connectivity index (χ2n) is 3.26. The number of hydrogen-bond donors (Lipinski definition) is 1. The lowest BCUT2D eigenvalue weighted by molar-refractivity contribution is -0.135. The summed E-state index contributed by atoms with van der Waals surface area (Å²) in [6.45, 7) is 5.88. The van der Waals surface area contributed by atoms with Gasteiger partial charge in [0.15, 0.2) is 6.29 Å². The van der Waals surface area contributed by atoms with Crippen LogP contribution in [0.4, 0.5) is 0 Å². The van der Waals surface area contributed by atoms with Gasteiger partial charge in [-0.1, -0.05) is 0 Å². The van der Waals surface area contributed by atoms with Crippen molar-refractivity contribution in [3.8, 4) is 0 Å². The Hall–Kier alpha value is -0.650. The third-order valence-corrected chi connectivity index (χ3v) is 1.79. The number of ether oxygens (including phenoxy) is 2. The van der Waals surface area contributed by atoms with E-state index >= 15 is 0 Å². The van der Waals surface area contributed by atoms with Crippen LogP contribution in [0.1, 0.15) is 13.8 Å². The highest BCUT2D eigenvalue weighted by atomic mass is 16.7. The van der Waals surface area contributed by atoms with E-state index in [4.69, 9.17) is 9.47 Å². The Morgan fingerprint density at radius 3 is 2.20 bits per heavy atom. The fraction of sp³-hybridized carbons (Fsp3) is 0.900. The molecular weight excluding hydrogens is 196 g/mol. The van der Waals surface area contributed by atoms with Crippen LogP contribution >= 0.6 is 0 Å². The molecule has 0 aliphatic carbocycles. The maximum absolute atomic E-state index is 11.2. The number of nitrogens with one attached hydrogen (secondary N) is 1. The quantitative estimate of drug-likeness (QED) is 0.585. The molecule has 0 spiro atoms. The minimum absolute atomic E-state index is 0.0433. The van der Waals surface area contributed by atoms with Gasteiger partial charge < -0.3 is 19.7 Å². The molecule has 0 unspecified atom stereocenters. The average Bonchev–Trinajstić information content (AvgIpc) is 2.18. The predicted molar refractivity (Wildman–Crippen MR) is 58.6 cm³/mol. The first-order valence-corrected chi connectivity index (χ1v) is 5.25. The molecule has 0 radical (unpaired) electrons. The third kappa shape index (κ3) is 7.30. The topological polar surface area (TPSA) is 50.8 Å². The van der Waals surface area contributed by atoms with Gasteiger partial charge in [-0.05, 0) is 13.8 Å². The lowest BCUT2D eigenvalue weighted by atomic mass is 10.5. The second kappa shape index (κ2) is 8.64. The molecule has 0 saturated heterocycles. The second-order valence-corrected chi connectivity index (χ2v) is 3.26. The number of amides is 1. The van der Waals surface area contributed by atoms with Crippen molar-refractivity contribution in [2.45, 2.75) is 20.1 Å². The number of likely N-dealkylation sites (N-methyl/N-ethyl adjacent to an activating group) is 1. The van der Waals surface area contributed by atoms with Crippen LogP contribution in [-0.4, -0.2) is 57.5 Å². The zero-order chi connectivity index (χ0) is 11.7. The summed E-state index contributed by atoms with van der Waals surface area (Å²) in [5.41, 5.74) is 0. The van der Waals surface area contributed by atoms with E-state index in [-0.39, 0.29) is 12.2 Å². The third-order valence-electron chi connectivity index (χ3n) is 1.79. The van der Waals surface area contributed by atoms with Gasteiger partial charge in [-0.15, -0.1) is 0 Å². The lowest BCUT2D eigenvalue weighted by Gasteiger charge is -2.18. The summed E-state index contributed by atoms with van der Waals surface area (Å²) in [6.07, 6.45) is -0.269. The van der Waals surface area contributed by atoms with E-state index in [1.54, 1.807) is 19.0 Å². The highest BCUT2D eigenvalue weighted by Gasteiger charge is 2.09. The largest absolute Gasteiger partial charge is 0.352 e. The molecule has 5 heteroatoms. The van der Waals surface area contributed by atoms with Crippen molar-refractivity contribution in [1.29, 1.82) is 0 Å². The highest BCUT2D eigenvalue weighted by Crippen LogP contribution is 1.92. The zero-order valence-electron chi connectivity index (χ0n) is 10.1. The Morgan fingerprint density at radius 1 is 1.27 bits per heavy atom. The van der Waals surface area contributed by atoms with E-state index in [1.807, 2.05) is 13.8 Å². The van der Waals surface area contributed by atoms with Crippen molar-refractivity contribution >= 4 is 5.91 Å². The SMILES string of the molecule is CCOC(CNCC(=O)N(C)C)OCC. The summed E-state index contributed by atoms with van der Waals surface area (Å²) < 4.78 is 10.6. The molecule has 0 bridgehead atoms. The Bertz CT molecular complexity index is 168. The molecule has 90 valence electrons. The van der Waals surface area contributed by atoms with E-state index in [0.29, 0.717) is 26.3 Å². The summed E-state index contributed by atoms with van der Waals surface area (Å²) in [5.74, 6) is 0.0433. The Kier molecular flexibility index (Phi) is 8.27. The summed E-state index contributed by atoms with van der Waals surface area (Å²) >= 11 is 0. The fourth-order valence-corrected chi connectivity index (χ4v) is 0.993. The van der Waals surface area contributed by atoms with Crippen LogP contribution in [0.2, 0.25) is 0 Å². The Morgan fingerprint density at radius 2 is 1.80 bits per heavy atom. The van der Waals surface area contributed by atoms with Crippen LogP contribution in [0, 0.1) is 0 Å².